The molecule has 0 spiro atoms. The van der Waals surface area contributed by atoms with E-state index in [1.807, 2.05) is 19.1 Å². The van der Waals surface area contributed by atoms with Gasteiger partial charge in [-0.3, -0.25) is 23.4 Å². The topological polar surface area (TPSA) is 192 Å². The molecule has 0 aliphatic carbocycles. The Kier molecular flexibility index (Phi) is 35.9. The van der Waals surface area contributed by atoms with E-state index in [2.05, 4.69) is 84.4 Å². The van der Waals surface area contributed by atoms with Gasteiger partial charge in [-0.2, -0.15) is 0 Å². The van der Waals surface area contributed by atoms with Crippen LogP contribution in [0.5, 0.6) is 0 Å². The smallest absolute Gasteiger partial charge is 0.472 e. The Balaban J connectivity index is 4.53. The van der Waals surface area contributed by atoms with E-state index in [0.29, 0.717) is 19.3 Å². The van der Waals surface area contributed by atoms with E-state index < -0.39 is 57.7 Å². The number of carbonyl (C=O) groups is 3. The lowest BCUT2D eigenvalue weighted by Gasteiger charge is -2.20. The van der Waals surface area contributed by atoms with Gasteiger partial charge in [0.1, 0.15) is 12.6 Å². The molecule has 0 heterocycles. The summed E-state index contributed by atoms with van der Waals surface area (Å²) in [7, 11) is -4.74. The lowest BCUT2D eigenvalue weighted by atomic mass is 10.1. The fourth-order valence-electron chi connectivity index (χ4n) is 4.91. The predicted octanol–water partition coefficient (Wildman–Crippen LogP) is 9.69. The Hall–Kier alpha value is -3.38. The summed E-state index contributed by atoms with van der Waals surface area (Å²) in [5, 5.41) is 18.1. The van der Waals surface area contributed by atoms with Crippen LogP contribution in [-0.2, 0) is 37.5 Å². The van der Waals surface area contributed by atoms with Crippen LogP contribution in [0.1, 0.15) is 136 Å². The number of hydrogen-bond donors (Lipinski definition) is 4. The fraction of sp³-hybridized carbons (Fsp3) is 0.614. The highest BCUT2D eigenvalue weighted by atomic mass is 31.2. The Labute approximate surface area is 342 Å². The lowest BCUT2D eigenvalue weighted by molar-refractivity contribution is -0.161. The number of phosphoric acid groups is 1. The number of carboxylic acid groups (broad SMARTS) is 1. The Morgan fingerprint density at radius 1 is 0.614 bits per heavy atom. The second-order valence-electron chi connectivity index (χ2n) is 13.7. The average Bonchev–Trinajstić information content (AvgIpc) is 3.17. The third-order valence-electron chi connectivity index (χ3n) is 8.15. The molecule has 0 radical (unpaired) electrons. The summed E-state index contributed by atoms with van der Waals surface area (Å²) in [6.07, 6.45) is 43.6. The fourth-order valence-corrected chi connectivity index (χ4v) is 5.69. The minimum atomic E-state index is -4.74. The summed E-state index contributed by atoms with van der Waals surface area (Å²) in [5.74, 6) is -2.51. The molecule has 0 fully saturated rings. The molecule has 0 aliphatic heterocycles. The molecule has 4 atom stereocenters. The van der Waals surface area contributed by atoms with Crippen molar-refractivity contribution in [2.24, 2.45) is 5.73 Å². The molecule has 0 bridgehead atoms. The van der Waals surface area contributed by atoms with Crippen molar-refractivity contribution in [2.45, 2.75) is 154 Å². The molecule has 0 saturated carbocycles. The van der Waals surface area contributed by atoms with E-state index >= 15 is 0 Å². The van der Waals surface area contributed by atoms with Gasteiger partial charge in [-0.1, -0.05) is 111 Å². The summed E-state index contributed by atoms with van der Waals surface area (Å²) in [6, 6.07) is -1.54. The average molecular weight is 822 g/mol. The molecule has 0 aliphatic rings. The van der Waals surface area contributed by atoms with Crippen molar-refractivity contribution >= 4 is 25.7 Å². The SMILES string of the molecule is CC/C=C\C/C=C\C/C=C\CCCCCCCC(=O)O[C@H](COC(=O)CCC/C=C\C/C=C\C/C=C\C/C=C\CCC[C@@H](C)O)COP(=O)(O)OC[C@H](N)C(=O)O. The van der Waals surface area contributed by atoms with Crippen LogP contribution in [0.2, 0.25) is 0 Å². The van der Waals surface area contributed by atoms with E-state index in [9.17, 15) is 28.9 Å². The summed E-state index contributed by atoms with van der Waals surface area (Å²) < 4.78 is 32.5. The third-order valence-corrected chi connectivity index (χ3v) is 9.10. The van der Waals surface area contributed by atoms with Crippen molar-refractivity contribution in [3.05, 3.63) is 85.1 Å². The predicted molar refractivity (Wildman–Crippen MR) is 227 cm³/mol. The molecule has 0 saturated heterocycles. The third kappa shape index (κ3) is 39.2. The number of carbonyl (C=O) groups excluding carboxylic acids is 2. The molecule has 0 aromatic rings. The summed E-state index contributed by atoms with van der Waals surface area (Å²) >= 11 is 0. The highest BCUT2D eigenvalue weighted by Gasteiger charge is 2.28. The quantitative estimate of drug-likeness (QED) is 0.0201. The van der Waals surface area contributed by atoms with E-state index in [4.69, 9.17) is 24.8 Å². The summed E-state index contributed by atoms with van der Waals surface area (Å²) in [4.78, 5) is 45.9. The van der Waals surface area contributed by atoms with Gasteiger partial charge in [0, 0.05) is 12.8 Å². The van der Waals surface area contributed by atoms with E-state index in [-0.39, 0.29) is 18.9 Å². The molecule has 57 heavy (non-hydrogen) atoms. The van der Waals surface area contributed by atoms with Gasteiger partial charge in [-0.15, -0.1) is 0 Å². The minimum Gasteiger partial charge on any atom is -0.480 e. The number of ether oxygens (including phenoxy) is 2. The van der Waals surface area contributed by atoms with Crippen molar-refractivity contribution in [3.63, 3.8) is 0 Å². The molecule has 12 nitrogen and oxygen atoms in total. The molecule has 324 valence electrons. The van der Waals surface area contributed by atoms with Crippen molar-refractivity contribution in [2.75, 3.05) is 19.8 Å². The Bertz CT molecular complexity index is 1300. The monoisotopic (exact) mass is 821 g/mol. The molecule has 0 amide bonds. The number of carboxylic acids is 1. The first-order valence-corrected chi connectivity index (χ1v) is 22.1. The maximum absolute atomic E-state index is 12.6. The first-order chi connectivity index (χ1) is 27.5. The van der Waals surface area contributed by atoms with Crippen molar-refractivity contribution in [3.8, 4) is 0 Å². The second kappa shape index (κ2) is 38.2. The minimum absolute atomic E-state index is 0.119. The molecule has 5 N–H and O–H groups in total. The number of rotatable bonds is 37. The number of unbranched alkanes of at least 4 members (excludes halogenated alkanes) is 7. The Morgan fingerprint density at radius 3 is 1.61 bits per heavy atom. The number of aliphatic hydroxyl groups is 1. The summed E-state index contributed by atoms with van der Waals surface area (Å²) in [5.41, 5.74) is 5.32. The lowest BCUT2D eigenvalue weighted by Crippen LogP contribution is -2.34. The highest BCUT2D eigenvalue weighted by molar-refractivity contribution is 7.47. The first kappa shape index (κ1) is 53.6. The van der Waals surface area contributed by atoms with Crippen LogP contribution < -0.4 is 5.73 Å². The maximum Gasteiger partial charge on any atom is 0.472 e. The zero-order valence-corrected chi connectivity index (χ0v) is 35.4. The number of esters is 2. The standard InChI is InChI=1S/C44H72NO11P/c1-3-4-5-6-7-8-9-10-12-17-20-23-26-29-32-35-43(48)56-40(37-54-57(51,52)55-38-41(45)44(49)50)36-53-42(47)34-31-28-25-22-19-16-14-11-13-15-18-21-24-27-30-33-39(2)46/h4-5,7-8,10,12-16,21-22,24-25,39-41,46H,3,6,9,11,17-20,23,26-38,45H2,1-2H3,(H,49,50)(H,51,52)/b5-4-,8-7-,12-10-,15-13-,16-14-,24-21-,25-22-/t39-,40-,41+/m1/s1. The van der Waals surface area contributed by atoms with Crippen LogP contribution in [0, 0.1) is 0 Å². The number of allylic oxidation sites excluding steroid dienone is 14. The van der Waals surface area contributed by atoms with Gasteiger partial charge in [0.25, 0.3) is 0 Å². The zero-order chi connectivity index (χ0) is 42.2. The van der Waals surface area contributed by atoms with Gasteiger partial charge in [0.15, 0.2) is 6.10 Å². The molecule has 1 unspecified atom stereocenters. The Morgan fingerprint density at radius 2 is 1.07 bits per heavy atom. The highest BCUT2D eigenvalue weighted by Crippen LogP contribution is 2.43. The molecule has 0 aromatic heterocycles. The van der Waals surface area contributed by atoms with Crippen molar-refractivity contribution < 1.29 is 52.6 Å². The van der Waals surface area contributed by atoms with Crippen molar-refractivity contribution in [1.29, 1.82) is 0 Å². The largest absolute Gasteiger partial charge is 0.480 e. The van der Waals surface area contributed by atoms with Crippen LogP contribution in [0.3, 0.4) is 0 Å². The number of nitrogens with two attached hydrogens (primary N) is 1. The second-order valence-corrected chi connectivity index (χ2v) is 15.1. The van der Waals surface area contributed by atoms with Gasteiger partial charge < -0.3 is 30.3 Å². The molecule has 13 heteroatoms. The van der Waals surface area contributed by atoms with E-state index in [0.717, 1.165) is 89.9 Å². The molecule has 0 rings (SSSR count). The number of aliphatic hydroxyl groups excluding tert-OH is 1. The van der Waals surface area contributed by atoms with Gasteiger partial charge in [0.2, 0.25) is 0 Å². The number of phosphoric ester groups is 1. The van der Waals surface area contributed by atoms with E-state index in [1.54, 1.807) is 0 Å². The van der Waals surface area contributed by atoms with Gasteiger partial charge in [0.05, 0.1) is 19.3 Å². The summed E-state index contributed by atoms with van der Waals surface area (Å²) in [6.45, 7) is 2.13. The van der Waals surface area contributed by atoms with Crippen LogP contribution >= 0.6 is 7.82 Å². The van der Waals surface area contributed by atoms with E-state index in [1.165, 1.54) is 0 Å². The van der Waals surface area contributed by atoms with Crippen LogP contribution in [0.4, 0.5) is 0 Å². The van der Waals surface area contributed by atoms with Gasteiger partial charge in [-0.05, 0) is 96.8 Å². The number of hydrogen-bond acceptors (Lipinski definition) is 10. The van der Waals surface area contributed by atoms with Crippen LogP contribution in [0.25, 0.3) is 0 Å². The van der Waals surface area contributed by atoms with Crippen LogP contribution in [0.15, 0.2) is 85.1 Å². The molecular formula is C44H72NO11P. The normalized spacial score (nSPS) is 15.2. The van der Waals surface area contributed by atoms with Crippen LogP contribution in [-0.4, -0.2) is 71.1 Å². The number of aliphatic carboxylic acids is 1. The first-order valence-electron chi connectivity index (χ1n) is 20.6. The van der Waals surface area contributed by atoms with Gasteiger partial charge in [-0.25, -0.2) is 4.57 Å². The van der Waals surface area contributed by atoms with Crippen molar-refractivity contribution in [1.82, 2.24) is 0 Å². The zero-order valence-electron chi connectivity index (χ0n) is 34.5. The molecule has 0 aromatic carbocycles. The maximum atomic E-state index is 12.6. The molecular weight excluding hydrogens is 749 g/mol. The van der Waals surface area contributed by atoms with Gasteiger partial charge >= 0.3 is 25.7 Å².